The molecule has 0 saturated heterocycles. The van der Waals surface area contributed by atoms with E-state index in [-0.39, 0.29) is 33.0 Å². The number of sulfonamides is 1. The summed E-state index contributed by atoms with van der Waals surface area (Å²) in [5.74, 6) is 1.06. The zero-order chi connectivity index (χ0) is 15.3. The third kappa shape index (κ3) is 4.79. The molecule has 0 aliphatic heterocycles. The third-order valence-corrected chi connectivity index (χ3v) is 5.74. The number of halogens is 2. The van der Waals surface area contributed by atoms with Crippen LogP contribution in [0.5, 0.6) is 0 Å². The van der Waals surface area contributed by atoms with Gasteiger partial charge in [-0.15, -0.1) is 0 Å². The van der Waals surface area contributed by atoms with Crippen LogP contribution < -0.4 is 4.72 Å². The number of aliphatic hydroxyl groups excluding tert-OH is 1. The monoisotopic (exact) mass is 357 g/mol. The first-order valence-corrected chi connectivity index (χ1v) is 9.52. The molecule has 0 aliphatic carbocycles. The van der Waals surface area contributed by atoms with Crippen LogP contribution in [0, 0.1) is 5.92 Å². The molecule has 1 aromatic rings. The van der Waals surface area contributed by atoms with E-state index >= 15 is 0 Å². The first kappa shape index (κ1) is 18.1. The Morgan fingerprint density at radius 1 is 1.40 bits per heavy atom. The lowest BCUT2D eigenvalue weighted by Gasteiger charge is -2.14. The summed E-state index contributed by atoms with van der Waals surface area (Å²) < 4.78 is 27.0. The van der Waals surface area contributed by atoms with Crippen molar-refractivity contribution in [2.24, 2.45) is 5.92 Å². The second-order valence-corrected chi connectivity index (χ2v) is 7.91. The van der Waals surface area contributed by atoms with E-state index in [1.807, 2.05) is 13.2 Å². The average Bonchev–Trinajstić information content (AvgIpc) is 2.39. The van der Waals surface area contributed by atoms with Crippen LogP contribution in [0.25, 0.3) is 0 Å². The first-order chi connectivity index (χ1) is 9.31. The summed E-state index contributed by atoms with van der Waals surface area (Å²) in [7, 11) is -3.75. The smallest absolute Gasteiger partial charge is 0.242 e. The van der Waals surface area contributed by atoms with Crippen LogP contribution in [-0.2, 0) is 16.6 Å². The second-order valence-electron chi connectivity index (χ2n) is 4.45. The van der Waals surface area contributed by atoms with Gasteiger partial charge in [-0.25, -0.2) is 13.1 Å². The van der Waals surface area contributed by atoms with Crippen LogP contribution in [0.2, 0.25) is 10.0 Å². The van der Waals surface area contributed by atoms with Crippen molar-refractivity contribution in [2.75, 3.05) is 18.6 Å². The van der Waals surface area contributed by atoms with E-state index < -0.39 is 10.0 Å². The molecule has 0 saturated carbocycles. The van der Waals surface area contributed by atoms with Crippen molar-refractivity contribution in [3.8, 4) is 0 Å². The minimum atomic E-state index is -3.75. The molecule has 0 spiro atoms. The van der Waals surface area contributed by atoms with Gasteiger partial charge in [-0.2, -0.15) is 11.8 Å². The standard InChI is InChI=1S/C12H17Cl2NO3S2/c1-8(7-19-2)5-15-20(17,18)11-4-10(13)3-9(6-16)12(11)14/h3-4,8,15-16H,5-7H2,1-2H3. The minimum Gasteiger partial charge on any atom is -0.392 e. The zero-order valence-electron chi connectivity index (χ0n) is 11.2. The number of thioether (sulfide) groups is 1. The molecule has 0 amide bonds. The number of rotatable bonds is 7. The maximum absolute atomic E-state index is 12.2. The van der Waals surface area contributed by atoms with Gasteiger partial charge in [0.1, 0.15) is 4.90 Å². The highest BCUT2D eigenvalue weighted by molar-refractivity contribution is 7.98. The van der Waals surface area contributed by atoms with Gasteiger partial charge >= 0.3 is 0 Å². The van der Waals surface area contributed by atoms with Crippen molar-refractivity contribution in [2.45, 2.75) is 18.4 Å². The van der Waals surface area contributed by atoms with E-state index in [1.165, 1.54) is 12.1 Å². The van der Waals surface area contributed by atoms with E-state index in [1.54, 1.807) is 11.8 Å². The molecule has 1 aromatic carbocycles. The van der Waals surface area contributed by atoms with Gasteiger partial charge in [0.15, 0.2) is 0 Å². The number of hydrogen-bond donors (Lipinski definition) is 2. The molecule has 0 aliphatic rings. The summed E-state index contributed by atoms with van der Waals surface area (Å²) in [6.07, 6.45) is 1.96. The summed E-state index contributed by atoms with van der Waals surface area (Å²) in [6.45, 7) is 1.91. The van der Waals surface area contributed by atoms with Crippen molar-refractivity contribution in [3.63, 3.8) is 0 Å². The van der Waals surface area contributed by atoms with Crippen LogP contribution in [-0.4, -0.2) is 32.1 Å². The Bertz CT molecular complexity index is 564. The number of nitrogens with one attached hydrogen (secondary N) is 1. The Morgan fingerprint density at radius 2 is 2.05 bits per heavy atom. The van der Waals surface area contributed by atoms with Crippen LogP contribution in [0.15, 0.2) is 17.0 Å². The van der Waals surface area contributed by atoms with Gasteiger partial charge in [-0.1, -0.05) is 30.1 Å². The molecule has 4 nitrogen and oxygen atoms in total. The molecular weight excluding hydrogens is 341 g/mol. The third-order valence-electron chi connectivity index (χ3n) is 2.61. The summed E-state index contributed by atoms with van der Waals surface area (Å²) >= 11 is 13.5. The Kier molecular flexibility index (Phi) is 7.11. The van der Waals surface area contributed by atoms with E-state index in [4.69, 9.17) is 28.3 Å². The second kappa shape index (κ2) is 7.87. The van der Waals surface area contributed by atoms with Gasteiger partial charge < -0.3 is 5.11 Å². The molecule has 0 bridgehead atoms. The van der Waals surface area contributed by atoms with Crippen molar-refractivity contribution >= 4 is 45.0 Å². The normalized spacial score (nSPS) is 13.4. The molecule has 0 aromatic heterocycles. The van der Waals surface area contributed by atoms with Crippen molar-refractivity contribution in [1.82, 2.24) is 4.72 Å². The van der Waals surface area contributed by atoms with Crippen LogP contribution in [0.1, 0.15) is 12.5 Å². The van der Waals surface area contributed by atoms with Crippen molar-refractivity contribution in [1.29, 1.82) is 0 Å². The average molecular weight is 358 g/mol. The molecule has 0 fully saturated rings. The molecule has 1 atom stereocenters. The fourth-order valence-corrected chi connectivity index (χ4v) is 4.38. The predicted octanol–water partition coefficient (Wildman–Crippen LogP) is 2.76. The summed E-state index contributed by atoms with van der Waals surface area (Å²) in [4.78, 5) is -0.105. The number of benzene rings is 1. The molecular formula is C12H17Cl2NO3S2. The predicted molar refractivity (Wildman–Crippen MR) is 85.1 cm³/mol. The molecule has 1 rings (SSSR count). The fourth-order valence-electron chi connectivity index (χ4n) is 1.60. The largest absolute Gasteiger partial charge is 0.392 e. The highest BCUT2D eigenvalue weighted by Gasteiger charge is 2.21. The van der Waals surface area contributed by atoms with Crippen molar-refractivity contribution < 1.29 is 13.5 Å². The Hall–Kier alpha value is 0.0200. The van der Waals surface area contributed by atoms with E-state index in [0.29, 0.717) is 6.54 Å². The first-order valence-electron chi connectivity index (χ1n) is 5.89. The molecule has 8 heteroatoms. The van der Waals surface area contributed by atoms with E-state index in [9.17, 15) is 8.42 Å². The van der Waals surface area contributed by atoms with E-state index in [0.717, 1.165) is 5.75 Å². The maximum Gasteiger partial charge on any atom is 0.242 e. The summed E-state index contributed by atoms with van der Waals surface area (Å²) in [6, 6.07) is 2.73. The lowest BCUT2D eigenvalue weighted by Crippen LogP contribution is -2.29. The van der Waals surface area contributed by atoms with Gasteiger partial charge in [-0.05, 0) is 35.6 Å². The highest BCUT2D eigenvalue weighted by Crippen LogP contribution is 2.29. The fraction of sp³-hybridized carbons (Fsp3) is 0.500. The topological polar surface area (TPSA) is 66.4 Å². The molecule has 20 heavy (non-hydrogen) atoms. The summed E-state index contributed by atoms with van der Waals surface area (Å²) in [5, 5.41) is 9.38. The molecule has 2 N–H and O–H groups in total. The minimum absolute atomic E-state index is 0.00178. The Balaban J connectivity index is 3.01. The van der Waals surface area contributed by atoms with Gasteiger partial charge in [-0.3, -0.25) is 0 Å². The SMILES string of the molecule is CSCC(C)CNS(=O)(=O)c1cc(Cl)cc(CO)c1Cl. The number of aliphatic hydroxyl groups is 1. The quantitative estimate of drug-likeness (QED) is 0.787. The van der Waals surface area contributed by atoms with Crippen LogP contribution in [0.3, 0.4) is 0 Å². The molecule has 1 unspecified atom stereocenters. The summed E-state index contributed by atoms with van der Waals surface area (Å²) in [5.41, 5.74) is 0.289. The van der Waals surface area contributed by atoms with Crippen LogP contribution >= 0.6 is 35.0 Å². The zero-order valence-corrected chi connectivity index (χ0v) is 14.3. The highest BCUT2D eigenvalue weighted by atomic mass is 35.5. The lowest BCUT2D eigenvalue weighted by atomic mass is 10.2. The van der Waals surface area contributed by atoms with E-state index in [2.05, 4.69) is 4.72 Å². The molecule has 0 radical (unpaired) electrons. The van der Waals surface area contributed by atoms with Gasteiger partial charge in [0.05, 0.1) is 11.6 Å². The van der Waals surface area contributed by atoms with Gasteiger partial charge in [0.25, 0.3) is 0 Å². The molecule has 0 heterocycles. The van der Waals surface area contributed by atoms with Crippen LogP contribution in [0.4, 0.5) is 0 Å². The number of hydrogen-bond acceptors (Lipinski definition) is 4. The lowest BCUT2D eigenvalue weighted by molar-refractivity contribution is 0.281. The van der Waals surface area contributed by atoms with Crippen molar-refractivity contribution in [3.05, 3.63) is 27.7 Å². The Labute approximate surface area is 133 Å². The molecule has 114 valence electrons. The van der Waals surface area contributed by atoms with Gasteiger partial charge in [0, 0.05) is 11.6 Å². The van der Waals surface area contributed by atoms with Gasteiger partial charge in [0.2, 0.25) is 10.0 Å². The Morgan fingerprint density at radius 3 is 2.60 bits per heavy atom. The maximum atomic E-state index is 12.2.